The van der Waals surface area contributed by atoms with E-state index in [1.807, 2.05) is 0 Å². The van der Waals surface area contributed by atoms with E-state index in [1.165, 1.54) is 19.3 Å². The molecule has 1 heterocycles. The lowest BCUT2D eigenvalue weighted by Crippen LogP contribution is -2.59. The number of hydrogen-bond acceptors (Lipinski definition) is 3. The molecular formula is C12H20N2O2. The number of aliphatic carboxylic acids is 1. The molecule has 16 heavy (non-hydrogen) atoms. The average molecular weight is 224 g/mol. The lowest BCUT2D eigenvalue weighted by Gasteiger charge is -2.34. The number of carboxylic acid groups (broad SMARTS) is 1. The molecule has 0 aromatic carbocycles. The molecule has 0 amide bonds. The lowest BCUT2D eigenvalue weighted by molar-refractivity contribution is -0.145. The molecule has 1 saturated heterocycles. The quantitative estimate of drug-likeness (QED) is 0.736. The smallest absolute Gasteiger partial charge is 0.325 e. The standard InChI is InChI=1S/C12H20N2O2/c13-12(11(15)16,9-2-3-9)7-14-6-8-1-4-10(14)5-8/h8-10H,1-7,13H2,(H,15,16). The highest BCUT2D eigenvalue weighted by molar-refractivity contribution is 5.80. The first-order valence-electron chi connectivity index (χ1n) is 6.36. The molecule has 90 valence electrons. The molecule has 3 N–H and O–H groups in total. The maximum absolute atomic E-state index is 11.3. The van der Waals surface area contributed by atoms with Crippen LogP contribution in [0.25, 0.3) is 0 Å². The van der Waals surface area contributed by atoms with Crippen LogP contribution in [0.15, 0.2) is 0 Å². The molecule has 3 rings (SSSR count). The minimum absolute atomic E-state index is 0.212. The molecule has 4 nitrogen and oxygen atoms in total. The fraction of sp³-hybridized carbons (Fsp3) is 0.917. The van der Waals surface area contributed by atoms with Crippen LogP contribution in [0, 0.1) is 11.8 Å². The normalized spacial score (nSPS) is 37.6. The van der Waals surface area contributed by atoms with Crippen molar-refractivity contribution >= 4 is 5.97 Å². The molecule has 0 radical (unpaired) electrons. The maximum atomic E-state index is 11.3. The van der Waals surface area contributed by atoms with E-state index in [0.717, 1.165) is 25.3 Å². The third-order valence-electron chi connectivity index (χ3n) is 4.69. The van der Waals surface area contributed by atoms with Crippen molar-refractivity contribution in [3.63, 3.8) is 0 Å². The maximum Gasteiger partial charge on any atom is 0.325 e. The number of hydrogen-bond donors (Lipinski definition) is 2. The van der Waals surface area contributed by atoms with E-state index >= 15 is 0 Å². The van der Waals surface area contributed by atoms with Crippen molar-refractivity contribution < 1.29 is 9.90 Å². The Bertz CT molecular complexity index is 316. The third kappa shape index (κ3) is 1.55. The second kappa shape index (κ2) is 3.44. The number of fused-ring (bicyclic) bond motifs is 2. The first-order valence-corrected chi connectivity index (χ1v) is 6.36. The van der Waals surface area contributed by atoms with E-state index in [1.54, 1.807) is 0 Å². The Labute approximate surface area is 95.8 Å². The van der Waals surface area contributed by atoms with Gasteiger partial charge in [-0.15, -0.1) is 0 Å². The summed E-state index contributed by atoms with van der Waals surface area (Å²) in [7, 11) is 0. The summed E-state index contributed by atoms with van der Waals surface area (Å²) in [5, 5.41) is 9.32. The first-order chi connectivity index (χ1) is 7.59. The van der Waals surface area contributed by atoms with Gasteiger partial charge in [-0.05, 0) is 43.9 Å². The van der Waals surface area contributed by atoms with Crippen LogP contribution >= 0.6 is 0 Å². The van der Waals surface area contributed by atoms with Gasteiger partial charge in [0.2, 0.25) is 0 Å². The summed E-state index contributed by atoms with van der Waals surface area (Å²) in [6.45, 7) is 1.64. The Balaban J connectivity index is 1.70. The Morgan fingerprint density at radius 3 is 2.56 bits per heavy atom. The highest BCUT2D eigenvalue weighted by Crippen LogP contribution is 2.42. The van der Waals surface area contributed by atoms with E-state index < -0.39 is 11.5 Å². The molecule has 0 aromatic rings. The minimum Gasteiger partial charge on any atom is -0.480 e. The van der Waals surface area contributed by atoms with Crippen LogP contribution in [0.1, 0.15) is 32.1 Å². The highest BCUT2D eigenvalue weighted by Gasteiger charge is 2.51. The summed E-state index contributed by atoms with van der Waals surface area (Å²) in [5.41, 5.74) is 5.13. The van der Waals surface area contributed by atoms with Gasteiger partial charge in [-0.2, -0.15) is 0 Å². The van der Waals surface area contributed by atoms with E-state index in [9.17, 15) is 9.90 Å². The molecule has 1 aliphatic heterocycles. The largest absolute Gasteiger partial charge is 0.480 e. The molecule has 3 atom stereocenters. The molecule has 0 aromatic heterocycles. The SMILES string of the molecule is NC(CN1CC2CCC1C2)(C(=O)O)C1CC1. The topological polar surface area (TPSA) is 66.6 Å². The van der Waals surface area contributed by atoms with Gasteiger partial charge >= 0.3 is 5.97 Å². The van der Waals surface area contributed by atoms with Crippen molar-refractivity contribution in [2.24, 2.45) is 17.6 Å². The molecule has 4 heteroatoms. The predicted octanol–water partition coefficient (Wildman–Crippen LogP) is 0.663. The van der Waals surface area contributed by atoms with Crippen LogP contribution in [-0.2, 0) is 4.79 Å². The highest BCUT2D eigenvalue weighted by atomic mass is 16.4. The number of carboxylic acids is 1. The van der Waals surface area contributed by atoms with Crippen LogP contribution in [0.2, 0.25) is 0 Å². The van der Waals surface area contributed by atoms with Gasteiger partial charge in [0.05, 0.1) is 0 Å². The number of piperidine rings is 1. The summed E-state index contributed by atoms with van der Waals surface area (Å²) in [6, 6.07) is 0.617. The first kappa shape index (κ1) is 10.5. The van der Waals surface area contributed by atoms with Crippen LogP contribution < -0.4 is 5.73 Å². The zero-order chi connectivity index (χ0) is 11.3. The monoisotopic (exact) mass is 224 g/mol. The predicted molar refractivity (Wildman–Crippen MR) is 60.0 cm³/mol. The molecule has 2 bridgehead atoms. The van der Waals surface area contributed by atoms with E-state index in [2.05, 4.69) is 4.90 Å². The van der Waals surface area contributed by atoms with Gasteiger partial charge in [-0.3, -0.25) is 9.69 Å². The van der Waals surface area contributed by atoms with Gasteiger partial charge in [0.15, 0.2) is 0 Å². The van der Waals surface area contributed by atoms with Crippen molar-refractivity contribution in [2.75, 3.05) is 13.1 Å². The average Bonchev–Trinajstić information content (AvgIpc) is 2.91. The van der Waals surface area contributed by atoms with Crippen molar-refractivity contribution in [3.8, 4) is 0 Å². The summed E-state index contributed by atoms with van der Waals surface area (Å²) in [4.78, 5) is 13.7. The molecule has 3 unspecified atom stereocenters. The molecule has 3 aliphatic rings. The Kier molecular flexibility index (Phi) is 2.27. The minimum atomic E-state index is -0.982. The van der Waals surface area contributed by atoms with Crippen molar-refractivity contribution in [3.05, 3.63) is 0 Å². The van der Waals surface area contributed by atoms with Crippen LogP contribution in [0.3, 0.4) is 0 Å². The number of carbonyl (C=O) groups is 1. The Morgan fingerprint density at radius 1 is 1.38 bits per heavy atom. The van der Waals surface area contributed by atoms with Crippen LogP contribution in [0.4, 0.5) is 0 Å². The third-order valence-corrected chi connectivity index (χ3v) is 4.69. The van der Waals surface area contributed by atoms with Gasteiger partial charge < -0.3 is 10.8 Å². The molecule has 3 fully saturated rings. The second-order valence-corrected chi connectivity index (χ2v) is 5.88. The van der Waals surface area contributed by atoms with Gasteiger partial charge in [0.1, 0.15) is 5.54 Å². The Morgan fingerprint density at radius 2 is 2.12 bits per heavy atom. The summed E-state index contributed by atoms with van der Waals surface area (Å²) in [5.74, 6) is 0.212. The molecule has 2 aliphatic carbocycles. The van der Waals surface area contributed by atoms with E-state index in [4.69, 9.17) is 5.73 Å². The van der Waals surface area contributed by atoms with Gasteiger partial charge in [0.25, 0.3) is 0 Å². The van der Waals surface area contributed by atoms with Gasteiger partial charge in [-0.1, -0.05) is 0 Å². The van der Waals surface area contributed by atoms with Gasteiger partial charge in [-0.25, -0.2) is 0 Å². The van der Waals surface area contributed by atoms with E-state index in [0.29, 0.717) is 12.6 Å². The molecule has 0 spiro atoms. The number of nitrogens with two attached hydrogens (primary N) is 1. The number of nitrogens with zero attached hydrogens (tertiary/aromatic N) is 1. The molecule has 2 saturated carbocycles. The summed E-state index contributed by atoms with van der Waals surface area (Å²) in [6.07, 6.45) is 5.82. The lowest BCUT2D eigenvalue weighted by atomic mass is 9.93. The summed E-state index contributed by atoms with van der Waals surface area (Å²) >= 11 is 0. The fourth-order valence-electron chi connectivity index (χ4n) is 3.53. The second-order valence-electron chi connectivity index (χ2n) is 5.88. The zero-order valence-corrected chi connectivity index (χ0v) is 9.56. The van der Waals surface area contributed by atoms with E-state index in [-0.39, 0.29) is 5.92 Å². The van der Waals surface area contributed by atoms with Crippen molar-refractivity contribution in [1.29, 1.82) is 0 Å². The van der Waals surface area contributed by atoms with Crippen molar-refractivity contribution in [1.82, 2.24) is 4.90 Å². The Hall–Kier alpha value is -0.610. The zero-order valence-electron chi connectivity index (χ0n) is 9.56. The molecular weight excluding hydrogens is 204 g/mol. The number of likely N-dealkylation sites (tertiary alicyclic amines) is 1. The van der Waals surface area contributed by atoms with Gasteiger partial charge in [0, 0.05) is 19.1 Å². The van der Waals surface area contributed by atoms with Crippen LogP contribution in [0.5, 0.6) is 0 Å². The summed E-state index contributed by atoms with van der Waals surface area (Å²) < 4.78 is 0. The van der Waals surface area contributed by atoms with Crippen molar-refractivity contribution in [2.45, 2.75) is 43.7 Å². The fourth-order valence-corrected chi connectivity index (χ4v) is 3.53. The number of rotatable bonds is 4. The van der Waals surface area contributed by atoms with Crippen LogP contribution in [-0.4, -0.2) is 40.6 Å².